The van der Waals surface area contributed by atoms with Gasteiger partial charge in [0.25, 0.3) is 0 Å². The van der Waals surface area contributed by atoms with Crippen molar-refractivity contribution in [2.24, 2.45) is 17.3 Å². The second-order valence-electron chi connectivity index (χ2n) is 13.9. The molecule has 0 fully saturated rings. The van der Waals surface area contributed by atoms with E-state index in [0.717, 1.165) is 25.7 Å². The van der Waals surface area contributed by atoms with Crippen LogP contribution in [0.5, 0.6) is 0 Å². The number of aliphatic carboxylic acids is 1. The molecule has 266 valence electrons. The fraction of sp³-hybridized carbons (Fsp3) is 0.974. The molecule has 0 saturated heterocycles. The minimum absolute atomic E-state index is 0.163. The Balaban J connectivity index is 0. The Morgan fingerprint density at radius 1 is 0.545 bits per heavy atom. The van der Waals surface area contributed by atoms with Crippen LogP contribution in [-0.2, 0) is 4.79 Å². The number of aliphatic hydroxyl groups excluding tert-OH is 2. The molecule has 0 aromatic heterocycles. The molecule has 3 N–H and O–H groups in total. The number of hydrogen-bond acceptors (Lipinski definition) is 4. The van der Waals surface area contributed by atoms with Crippen LogP contribution in [-0.4, -0.2) is 59.5 Å². The Kier molecular flexibility index (Phi) is 34.8. The van der Waals surface area contributed by atoms with E-state index >= 15 is 0 Å². The number of carboxylic acid groups (broad SMARTS) is 1. The van der Waals surface area contributed by atoms with E-state index in [1.807, 2.05) is 11.9 Å². The molecule has 0 amide bonds. The summed E-state index contributed by atoms with van der Waals surface area (Å²) < 4.78 is 0. The van der Waals surface area contributed by atoms with Gasteiger partial charge in [0.05, 0.1) is 18.6 Å². The van der Waals surface area contributed by atoms with Crippen molar-refractivity contribution in [3.05, 3.63) is 0 Å². The first-order chi connectivity index (χ1) is 21.3. The summed E-state index contributed by atoms with van der Waals surface area (Å²) in [7, 11) is 1.85. The van der Waals surface area contributed by atoms with E-state index in [0.29, 0.717) is 13.1 Å². The Hall–Kier alpha value is -0.650. The number of rotatable bonds is 32. The van der Waals surface area contributed by atoms with Crippen molar-refractivity contribution >= 4 is 5.97 Å². The third-order valence-corrected chi connectivity index (χ3v) is 10.0. The summed E-state index contributed by atoms with van der Waals surface area (Å²) in [5.41, 5.74) is -0.535. The Bertz CT molecular complexity index is 556. The second-order valence-corrected chi connectivity index (χ2v) is 13.9. The van der Waals surface area contributed by atoms with Gasteiger partial charge in [-0.15, -0.1) is 0 Å². The van der Waals surface area contributed by atoms with Crippen LogP contribution in [0.4, 0.5) is 0 Å². The Morgan fingerprint density at radius 3 is 1.14 bits per heavy atom. The molecule has 0 aromatic carbocycles. The molecule has 0 radical (unpaired) electrons. The SMILES string of the molecule is CCCCCCCCCCCCC(C(=O)O)(C(C)CCCCCCCC)C(C)CCCCCCCC.CN(CCO)CCO. The molecule has 44 heavy (non-hydrogen) atoms. The van der Waals surface area contributed by atoms with Gasteiger partial charge in [-0.1, -0.05) is 176 Å². The highest BCUT2D eigenvalue weighted by Gasteiger charge is 2.46. The van der Waals surface area contributed by atoms with Crippen LogP contribution in [0.1, 0.15) is 195 Å². The average molecular weight is 628 g/mol. The van der Waals surface area contributed by atoms with Crippen LogP contribution in [0.15, 0.2) is 0 Å². The number of likely N-dealkylation sites (N-methyl/N-ethyl adjacent to an activating group) is 1. The van der Waals surface area contributed by atoms with Crippen LogP contribution < -0.4 is 0 Å². The van der Waals surface area contributed by atoms with Gasteiger partial charge in [-0.05, 0) is 38.1 Å². The van der Waals surface area contributed by atoms with Gasteiger partial charge in [-0.3, -0.25) is 4.79 Å². The minimum Gasteiger partial charge on any atom is -0.481 e. The van der Waals surface area contributed by atoms with E-state index in [4.69, 9.17) is 10.2 Å². The number of carboxylic acids is 1. The number of aliphatic hydroxyl groups is 2. The van der Waals surface area contributed by atoms with Crippen LogP contribution in [0, 0.1) is 17.3 Å². The lowest BCUT2D eigenvalue weighted by Gasteiger charge is -2.41. The molecule has 2 atom stereocenters. The summed E-state index contributed by atoms with van der Waals surface area (Å²) in [5, 5.41) is 27.3. The molecule has 0 aliphatic rings. The molecule has 0 heterocycles. The highest BCUT2D eigenvalue weighted by atomic mass is 16.4. The lowest BCUT2D eigenvalue weighted by Crippen LogP contribution is -2.43. The Morgan fingerprint density at radius 2 is 0.841 bits per heavy atom. The summed E-state index contributed by atoms with van der Waals surface area (Å²) in [5.74, 6) is 0.0417. The summed E-state index contributed by atoms with van der Waals surface area (Å²) in [6.07, 6.45) is 31.6. The quantitative estimate of drug-likeness (QED) is 0.0646. The maximum Gasteiger partial charge on any atom is 0.310 e. The first-order valence-corrected chi connectivity index (χ1v) is 19.4. The predicted molar refractivity (Wildman–Crippen MR) is 193 cm³/mol. The lowest BCUT2D eigenvalue weighted by molar-refractivity contribution is -0.158. The van der Waals surface area contributed by atoms with Gasteiger partial charge in [-0.25, -0.2) is 0 Å². The first-order valence-electron chi connectivity index (χ1n) is 19.4. The highest BCUT2D eigenvalue weighted by molar-refractivity contribution is 5.75. The van der Waals surface area contributed by atoms with E-state index in [2.05, 4.69) is 34.6 Å². The minimum atomic E-state index is -0.535. The van der Waals surface area contributed by atoms with Crippen molar-refractivity contribution in [1.82, 2.24) is 4.90 Å². The van der Waals surface area contributed by atoms with Gasteiger partial charge in [0.1, 0.15) is 0 Å². The van der Waals surface area contributed by atoms with E-state index in [-0.39, 0.29) is 25.0 Å². The molecule has 0 spiro atoms. The van der Waals surface area contributed by atoms with Crippen LogP contribution in [0.3, 0.4) is 0 Å². The standard InChI is InChI=1S/C34H68O2.C5H13NO2/c1-6-9-12-15-18-19-20-21-24-27-30-34(33(35)36,31(4)28-25-22-16-13-10-7-2)32(5)29-26-23-17-14-11-8-3;1-6(2-4-7)3-5-8/h31-32H,6-30H2,1-5H3,(H,35,36);7-8H,2-5H2,1H3. The maximum absolute atomic E-state index is 12.9. The molecule has 0 aliphatic heterocycles. The lowest BCUT2D eigenvalue weighted by atomic mass is 9.62. The summed E-state index contributed by atoms with van der Waals surface area (Å²) in [4.78, 5) is 14.8. The van der Waals surface area contributed by atoms with Crippen molar-refractivity contribution in [3.8, 4) is 0 Å². The third kappa shape index (κ3) is 24.6. The summed E-state index contributed by atoms with van der Waals surface area (Å²) >= 11 is 0. The molecule has 0 aromatic rings. The number of carbonyl (C=O) groups is 1. The topological polar surface area (TPSA) is 81.0 Å². The smallest absolute Gasteiger partial charge is 0.310 e. The predicted octanol–water partition coefficient (Wildman–Crippen LogP) is 11.0. The molecule has 5 heteroatoms. The molecule has 0 aliphatic carbocycles. The van der Waals surface area contributed by atoms with Crippen LogP contribution in [0.25, 0.3) is 0 Å². The largest absolute Gasteiger partial charge is 0.481 e. The highest BCUT2D eigenvalue weighted by Crippen LogP contribution is 2.46. The monoisotopic (exact) mass is 628 g/mol. The number of nitrogens with zero attached hydrogens (tertiary/aromatic N) is 1. The Labute approximate surface area is 276 Å². The van der Waals surface area contributed by atoms with Gasteiger partial charge < -0.3 is 20.2 Å². The van der Waals surface area contributed by atoms with E-state index in [9.17, 15) is 9.90 Å². The summed E-state index contributed by atoms with van der Waals surface area (Å²) in [6.45, 7) is 13.0. The van der Waals surface area contributed by atoms with Crippen LogP contribution >= 0.6 is 0 Å². The van der Waals surface area contributed by atoms with Crippen LogP contribution in [0.2, 0.25) is 0 Å². The molecule has 0 rings (SSSR count). The third-order valence-electron chi connectivity index (χ3n) is 10.0. The zero-order valence-electron chi connectivity index (χ0n) is 30.9. The van der Waals surface area contributed by atoms with Crippen molar-refractivity contribution in [3.63, 3.8) is 0 Å². The molecule has 5 nitrogen and oxygen atoms in total. The molecule has 2 unspecified atom stereocenters. The van der Waals surface area contributed by atoms with Crippen molar-refractivity contribution in [1.29, 1.82) is 0 Å². The van der Waals surface area contributed by atoms with Gasteiger partial charge in [0.15, 0.2) is 0 Å². The number of unbranched alkanes of at least 4 members (excludes halogenated alkanes) is 19. The summed E-state index contributed by atoms with van der Waals surface area (Å²) in [6, 6.07) is 0. The van der Waals surface area contributed by atoms with Gasteiger partial charge >= 0.3 is 5.97 Å². The molecular weight excluding hydrogens is 546 g/mol. The van der Waals surface area contributed by atoms with Gasteiger partial charge in [-0.2, -0.15) is 0 Å². The fourth-order valence-electron chi connectivity index (χ4n) is 6.84. The van der Waals surface area contributed by atoms with Crippen molar-refractivity contribution in [2.75, 3.05) is 33.4 Å². The number of hydrogen-bond donors (Lipinski definition) is 3. The normalized spacial score (nSPS) is 14.2. The van der Waals surface area contributed by atoms with Crippen molar-refractivity contribution < 1.29 is 20.1 Å². The van der Waals surface area contributed by atoms with Gasteiger partial charge in [0.2, 0.25) is 0 Å². The fourth-order valence-corrected chi connectivity index (χ4v) is 6.84. The van der Waals surface area contributed by atoms with E-state index < -0.39 is 11.4 Å². The van der Waals surface area contributed by atoms with E-state index in [1.165, 1.54) is 135 Å². The maximum atomic E-state index is 12.9. The molecule has 0 saturated carbocycles. The zero-order chi connectivity index (χ0) is 33.3. The zero-order valence-corrected chi connectivity index (χ0v) is 30.9. The first kappa shape index (κ1) is 45.5. The van der Waals surface area contributed by atoms with E-state index in [1.54, 1.807) is 0 Å². The second kappa shape index (κ2) is 33.7. The van der Waals surface area contributed by atoms with Crippen molar-refractivity contribution in [2.45, 2.75) is 195 Å². The molecular formula is C39H81NO4. The van der Waals surface area contributed by atoms with Gasteiger partial charge in [0, 0.05) is 13.1 Å². The average Bonchev–Trinajstić information content (AvgIpc) is 2.99. The molecule has 0 bridgehead atoms.